The first kappa shape index (κ1) is 40.9. The lowest BCUT2D eigenvalue weighted by atomic mass is 10.1. The van der Waals surface area contributed by atoms with Crippen molar-refractivity contribution in [1.82, 2.24) is 14.8 Å². The number of aliphatic carboxylic acids is 1. The van der Waals surface area contributed by atoms with Crippen molar-refractivity contribution in [3.8, 4) is 31.4 Å². The third-order valence-electron chi connectivity index (χ3n) is 3.88. The van der Waals surface area contributed by atoms with E-state index in [0.29, 0.717) is 19.4 Å². The van der Waals surface area contributed by atoms with Crippen LogP contribution >= 0.6 is 15.9 Å². The molecule has 2 amide bonds. The molecule has 2 rings (SSSR count). The van der Waals surface area contributed by atoms with E-state index in [9.17, 15) is 14.4 Å². The smallest absolute Gasteiger partial charge is 0.408 e. The molecular weight excluding hydrogens is 542 g/mol. The number of carboxylic acid groups (broad SMARTS) is 2. The number of amides is 2. The average Bonchev–Trinajstić information content (AvgIpc) is 3.31. The Morgan fingerprint density at radius 1 is 1.11 bits per heavy atom. The van der Waals surface area contributed by atoms with E-state index in [0.717, 1.165) is 15.3 Å². The summed E-state index contributed by atoms with van der Waals surface area (Å²) >= 11 is 3.14. The lowest BCUT2D eigenvalue weighted by Gasteiger charge is -2.34. The number of hydrogen-bond acceptors (Lipinski definition) is 5. The summed E-state index contributed by atoms with van der Waals surface area (Å²) in [6.45, 7) is 15.6. The molecule has 1 aromatic heterocycles. The second-order valence-corrected chi connectivity index (χ2v) is 9.63. The zero-order valence-corrected chi connectivity index (χ0v) is 24.9. The Bertz CT molecular complexity index is 793. The maximum absolute atomic E-state index is 12.1. The summed E-state index contributed by atoms with van der Waals surface area (Å²) in [5.41, 5.74) is -0.708. The molecule has 9 nitrogen and oxygen atoms in total. The fourth-order valence-electron chi connectivity index (χ4n) is 2.54. The van der Waals surface area contributed by atoms with Crippen molar-refractivity contribution in [3.63, 3.8) is 0 Å². The van der Waals surface area contributed by atoms with Crippen LogP contribution in [-0.2, 0) is 9.59 Å². The number of aromatic hydroxyl groups is 1. The molecule has 3 N–H and O–H groups in total. The molecule has 1 aliphatic heterocycles. The van der Waals surface area contributed by atoms with Crippen LogP contribution in [0.4, 0.5) is 4.79 Å². The number of halogens is 1. The highest BCUT2D eigenvalue weighted by Gasteiger charge is 2.37. The number of terminal acetylenes is 2. The van der Waals surface area contributed by atoms with Crippen LogP contribution in [0.25, 0.3) is 0 Å². The summed E-state index contributed by atoms with van der Waals surface area (Å²) < 4.78 is 0.789. The molecule has 0 radical (unpaired) electrons. The predicted molar refractivity (Wildman–Crippen MR) is 152 cm³/mol. The van der Waals surface area contributed by atoms with Gasteiger partial charge in [-0.2, -0.15) is 0 Å². The molecular formula is C27H44BrN3O6. The Labute approximate surface area is 231 Å². The minimum absolute atomic E-state index is 0.180. The van der Waals surface area contributed by atoms with E-state index in [-0.39, 0.29) is 12.3 Å². The van der Waals surface area contributed by atoms with Gasteiger partial charge >= 0.3 is 12.1 Å². The van der Waals surface area contributed by atoms with Crippen LogP contribution in [0.15, 0.2) is 22.9 Å². The van der Waals surface area contributed by atoms with E-state index in [1.807, 2.05) is 13.8 Å². The third-order valence-corrected chi connectivity index (χ3v) is 4.32. The average molecular weight is 587 g/mol. The molecule has 2 heterocycles. The molecule has 0 unspecified atom stereocenters. The van der Waals surface area contributed by atoms with Crippen molar-refractivity contribution in [2.75, 3.05) is 13.1 Å². The van der Waals surface area contributed by atoms with E-state index in [2.05, 4.69) is 67.4 Å². The molecule has 1 fully saturated rings. The maximum Gasteiger partial charge on any atom is 0.408 e. The normalized spacial score (nSPS) is 13.1. The van der Waals surface area contributed by atoms with Crippen LogP contribution in [0.3, 0.4) is 0 Å². The molecule has 10 heteroatoms. The molecule has 1 saturated heterocycles. The topological polar surface area (TPSA) is 131 Å². The highest BCUT2D eigenvalue weighted by Crippen LogP contribution is 2.20. The van der Waals surface area contributed by atoms with Crippen LogP contribution in [0.1, 0.15) is 68.2 Å². The van der Waals surface area contributed by atoms with Crippen LogP contribution in [0, 0.1) is 31.6 Å². The molecule has 1 aromatic rings. The monoisotopic (exact) mass is 585 g/mol. The van der Waals surface area contributed by atoms with Crippen molar-refractivity contribution in [1.29, 1.82) is 0 Å². The van der Waals surface area contributed by atoms with Gasteiger partial charge in [-0.05, 0) is 61.5 Å². The highest BCUT2D eigenvalue weighted by molar-refractivity contribution is 9.10. The van der Waals surface area contributed by atoms with Crippen molar-refractivity contribution in [2.24, 2.45) is 5.92 Å². The van der Waals surface area contributed by atoms with Gasteiger partial charge in [0.05, 0.1) is 6.20 Å². The number of hydrogen-bond donors (Lipinski definition) is 3. The minimum atomic E-state index is -1.19. The number of carboxylic acids is 1. The maximum atomic E-state index is 12.1. The van der Waals surface area contributed by atoms with E-state index in [1.165, 1.54) is 11.1 Å². The van der Waals surface area contributed by atoms with Gasteiger partial charge in [0.1, 0.15) is 18.3 Å². The molecule has 1 aliphatic rings. The SMILES string of the molecule is C#C.C#C.CC.CC(C)(C)N(CC(=O)N1CCC[C@H]1C(=O)O)C(=O)O.CC(C)C.Oc1cncc(Br)c1. The quantitative estimate of drug-likeness (QED) is 0.394. The van der Waals surface area contributed by atoms with E-state index in [1.54, 1.807) is 33.0 Å². The number of nitrogens with zero attached hydrogens (tertiary/aromatic N) is 3. The Morgan fingerprint density at radius 3 is 1.86 bits per heavy atom. The molecule has 0 saturated carbocycles. The van der Waals surface area contributed by atoms with Gasteiger partial charge in [-0.1, -0.05) is 34.6 Å². The summed E-state index contributed by atoms with van der Waals surface area (Å²) in [7, 11) is 0. The molecule has 0 aliphatic carbocycles. The summed E-state index contributed by atoms with van der Waals surface area (Å²) in [5.74, 6) is -0.481. The Kier molecular flexibility index (Phi) is 25.6. The number of rotatable bonds is 3. The molecule has 210 valence electrons. The summed E-state index contributed by atoms with van der Waals surface area (Å²) in [4.78, 5) is 40.2. The van der Waals surface area contributed by atoms with E-state index < -0.39 is 29.6 Å². The number of carbonyl (C=O) groups is 3. The van der Waals surface area contributed by atoms with Gasteiger partial charge in [0.25, 0.3) is 0 Å². The first-order valence-electron chi connectivity index (χ1n) is 11.7. The van der Waals surface area contributed by atoms with E-state index in [4.69, 9.17) is 15.3 Å². The first-order chi connectivity index (χ1) is 17.2. The fourth-order valence-corrected chi connectivity index (χ4v) is 2.89. The van der Waals surface area contributed by atoms with Crippen LogP contribution in [-0.4, -0.2) is 72.7 Å². The standard InChI is InChI=1S/C12H20N2O5.C5H4BrNO.C4H10.C2H6.2C2H2/c1-12(2,3)14(11(18)19)7-9(15)13-6-4-5-8(13)10(16)17;6-4-1-5(8)3-7-2-4;1-4(2)3;3*1-2/h8H,4-7H2,1-3H3,(H,16,17)(H,18,19);1-3,8H;4H,1-3H3;1-2H3;2*1-2H/t8-;;;;;/m0...../s1. The number of likely N-dealkylation sites (tertiary alicyclic amines) is 1. The van der Waals surface area contributed by atoms with Gasteiger partial charge in [-0.3, -0.25) is 14.7 Å². The van der Waals surface area contributed by atoms with Gasteiger partial charge in [0.15, 0.2) is 0 Å². The largest absolute Gasteiger partial charge is 0.506 e. The zero-order chi connectivity index (χ0) is 30.4. The van der Waals surface area contributed by atoms with Crippen molar-refractivity contribution < 1.29 is 29.7 Å². The summed E-state index contributed by atoms with van der Waals surface area (Å²) in [6.07, 6.45) is 18.9. The van der Waals surface area contributed by atoms with Crippen molar-refractivity contribution in [2.45, 2.75) is 79.8 Å². The Balaban J connectivity index is -0.000000249. The molecule has 0 spiro atoms. The lowest BCUT2D eigenvalue weighted by molar-refractivity contribution is -0.148. The predicted octanol–water partition coefficient (Wildman–Crippen LogP) is 5.58. The van der Waals surface area contributed by atoms with Gasteiger partial charge in [0.2, 0.25) is 5.91 Å². The van der Waals surface area contributed by atoms with Gasteiger partial charge in [-0.25, -0.2) is 9.59 Å². The van der Waals surface area contributed by atoms with Crippen LogP contribution in [0.2, 0.25) is 0 Å². The lowest BCUT2D eigenvalue weighted by Crippen LogP contribution is -2.52. The van der Waals surface area contributed by atoms with E-state index >= 15 is 0 Å². The molecule has 37 heavy (non-hydrogen) atoms. The fraction of sp³-hybridized carbons (Fsp3) is 0.556. The van der Waals surface area contributed by atoms with Crippen molar-refractivity contribution >= 4 is 33.9 Å². The Hall–Kier alpha value is -3.24. The first-order valence-corrected chi connectivity index (χ1v) is 12.4. The third kappa shape index (κ3) is 20.6. The van der Waals surface area contributed by atoms with Crippen LogP contribution < -0.4 is 0 Å². The zero-order valence-electron chi connectivity index (χ0n) is 23.3. The second-order valence-electron chi connectivity index (χ2n) is 8.72. The Morgan fingerprint density at radius 2 is 1.57 bits per heavy atom. The summed E-state index contributed by atoms with van der Waals surface area (Å²) in [6, 6.07) is 0.746. The second kappa shape index (κ2) is 23.2. The van der Waals surface area contributed by atoms with Gasteiger partial charge < -0.3 is 20.2 Å². The molecule has 0 aromatic carbocycles. The van der Waals surface area contributed by atoms with Gasteiger partial charge in [-0.15, -0.1) is 25.7 Å². The number of aromatic nitrogens is 1. The molecule has 1 atom stereocenters. The minimum Gasteiger partial charge on any atom is -0.506 e. The highest BCUT2D eigenvalue weighted by atomic mass is 79.9. The molecule has 0 bridgehead atoms. The number of carbonyl (C=O) groups excluding carboxylic acids is 1. The van der Waals surface area contributed by atoms with Crippen LogP contribution in [0.5, 0.6) is 5.75 Å². The summed E-state index contributed by atoms with van der Waals surface area (Å²) in [5, 5.41) is 26.8. The number of pyridine rings is 1. The van der Waals surface area contributed by atoms with Gasteiger partial charge in [0, 0.05) is 22.8 Å². The van der Waals surface area contributed by atoms with Crippen molar-refractivity contribution in [3.05, 3.63) is 22.9 Å².